The summed E-state index contributed by atoms with van der Waals surface area (Å²) in [7, 11) is 1.60. The summed E-state index contributed by atoms with van der Waals surface area (Å²) in [6.45, 7) is 1.92. The van der Waals surface area contributed by atoms with Crippen molar-refractivity contribution >= 4 is 29.0 Å². The molecule has 0 bridgehead atoms. The standard InChI is InChI=1S/C15H13NO3S/c1-4-7-16-14(17)13(20-15(16)18)9-11-5-6-12(19-3)8-10(11)2/h1,5-6,8-9H,7H2,2-3H3. The molecular weight excluding hydrogens is 274 g/mol. The second kappa shape index (κ2) is 5.85. The normalized spacial score (nSPS) is 16.6. The largest absolute Gasteiger partial charge is 0.497 e. The molecule has 5 heteroatoms. The van der Waals surface area contributed by atoms with Crippen molar-refractivity contribution in [3.63, 3.8) is 0 Å². The molecular formula is C15H13NO3S. The quantitative estimate of drug-likeness (QED) is 0.633. The Bertz CT molecular complexity index is 643. The van der Waals surface area contributed by atoms with Gasteiger partial charge in [-0.1, -0.05) is 12.0 Å². The molecule has 0 aliphatic carbocycles. The number of thioether (sulfide) groups is 1. The Morgan fingerprint density at radius 2 is 2.20 bits per heavy atom. The van der Waals surface area contributed by atoms with Crippen molar-refractivity contribution < 1.29 is 14.3 Å². The first-order valence-corrected chi connectivity index (χ1v) is 6.72. The number of rotatable bonds is 3. The van der Waals surface area contributed by atoms with E-state index in [1.165, 1.54) is 0 Å². The first-order valence-electron chi connectivity index (χ1n) is 5.90. The van der Waals surface area contributed by atoms with E-state index in [0.29, 0.717) is 4.91 Å². The zero-order chi connectivity index (χ0) is 14.7. The van der Waals surface area contributed by atoms with E-state index in [9.17, 15) is 9.59 Å². The number of methoxy groups -OCH3 is 1. The highest BCUT2D eigenvalue weighted by Crippen LogP contribution is 2.32. The minimum atomic E-state index is -0.340. The summed E-state index contributed by atoms with van der Waals surface area (Å²) in [5, 5.41) is -0.328. The van der Waals surface area contributed by atoms with Crippen molar-refractivity contribution in [3.05, 3.63) is 34.2 Å². The van der Waals surface area contributed by atoms with Crippen LogP contribution in [0.1, 0.15) is 11.1 Å². The highest BCUT2D eigenvalue weighted by atomic mass is 32.2. The van der Waals surface area contributed by atoms with E-state index in [1.54, 1.807) is 13.2 Å². The lowest BCUT2D eigenvalue weighted by Crippen LogP contribution is -2.28. The van der Waals surface area contributed by atoms with E-state index in [0.717, 1.165) is 33.5 Å². The minimum Gasteiger partial charge on any atom is -0.497 e. The maximum Gasteiger partial charge on any atom is 0.294 e. The number of carbonyl (C=O) groups is 2. The molecule has 102 valence electrons. The summed E-state index contributed by atoms with van der Waals surface area (Å²) < 4.78 is 5.13. The Morgan fingerprint density at radius 1 is 1.45 bits per heavy atom. The molecule has 1 aliphatic heterocycles. The van der Waals surface area contributed by atoms with Crippen LogP contribution in [-0.4, -0.2) is 29.7 Å². The van der Waals surface area contributed by atoms with Crippen LogP contribution in [0.5, 0.6) is 5.75 Å². The van der Waals surface area contributed by atoms with Crippen molar-refractivity contribution in [1.29, 1.82) is 0 Å². The number of benzene rings is 1. The maximum atomic E-state index is 12.0. The van der Waals surface area contributed by atoms with E-state index in [2.05, 4.69) is 5.92 Å². The van der Waals surface area contributed by atoms with Crippen LogP contribution >= 0.6 is 11.8 Å². The number of carbonyl (C=O) groups excluding carboxylic acids is 2. The predicted octanol–water partition coefficient (Wildman–Crippen LogP) is 2.67. The smallest absolute Gasteiger partial charge is 0.294 e. The third-order valence-corrected chi connectivity index (χ3v) is 3.79. The van der Waals surface area contributed by atoms with Gasteiger partial charge in [0.2, 0.25) is 0 Å². The highest BCUT2D eigenvalue weighted by Gasteiger charge is 2.34. The summed E-state index contributed by atoms with van der Waals surface area (Å²) in [6, 6.07) is 5.53. The van der Waals surface area contributed by atoms with Gasteiger partial charge in [0.15, 0.2) is 0 Å². The van der Waals surface area contributed by atoms with Crippen LogP contribution in [0.4, 0.5) is 4.79 Å². The van der Waals surface area contributed by atoms with Crippen LogP contribution in [0.2, 0.25) is 0 Å². The van der Waals surface area contributed by atoms with Gasteiger partial charge in [0, 0.05) is 0 Å². The van der Waals surface area contributed by atoms with E-state index in [4.69, 9.17) is 11.2 Å². The maximum absolute atomic E-state index is 12.0. The van der Waals surface area contributed by atoms with Crippen LogP contribution in [0.15, 0.2) is 23.1 Å². The second-order valence-corrected chi connectivity index (χ2v) is 5.19. The van der Waals surface area contributed by atoms with Crippen molar-refractivity contribution in [2.45, 2.75) is 6.92 Å². The van der Waals surface area contributed by atoms with Crippen molar-refractivity contribution in [3.8, 4) is 18.1 Å². The fourth-order valence-corrected chi connectivity index (χ4v) is 2.64. The van der Waals surface area contributed by atoms with Crippen molar-refractivity contribution in [2.75, 3.05) is 13.7 Å². The molecule has 1 heterocycles. The van der Waals surface area contributed by atoms with Gasteiger partial charge in [-0.15, -0.1) is 6.42 Å². The molecule has 20 heavy (non-hydrogen) atoms. The third kappa shape index (κ3) is 2.70. The lowest BCUT2D eigenvalue weighted by atomic mass is 10.1. The Balaban J connectivity index is 2.31. The first-order chi connectivity index (χ1) is 9.56. The number of ether oxygens (including phenoxy) is 1. The molecule has 0 unspecified atom stereocenters. The van der Waals surface area contributed by atoms with Gasteiger partial charge in [0.05, 0.1) is 18.6 Å². The van der Waals surface area contributed by atoms with Crippen LogP contribution in [0.3, 0.4) is 0 Å². The molecule has 0 spiro atoms. The lowest BCUT2D eigenvalue weighted by Gasteiger charge is -2.07. The third-order valence-electron chi connectivity index (χ3n) is 2.89. The molecule has 1 aromatic carbocycles. The molecule has 2 rings (SSSR count). The van der Waals surface area contributed by atoms with Crippen LogP contribution in [-0.2, 0) is 4.79 Å². The summed E-state index contributed by atoms with van der Waals surface area (Å²) in [5.41, 5.74) is 1.84. The fourth-order valence-electron chi connectivity index (χ4n) is 1.81. The van der Waals surface area contributed by atoms with Crippen molar-refractivity contribution in [1.82, 2.24) is 4.90 Å². The van der Waals surface area contributed by atoms with E-state index >= 15 is 0 Å². The van der Waals surface area contributed by atoms with Gasteiger partial charge in [-0.2, -0.15) is 0 Å². The minimum absolute atomic E-state index is 0.00357. The Hall–Kier alpha value is -2.19. The molecule has 1 fully saturated rings. The summed E-state index contributed by atoms with van der Waals surface area (Å²) in [6.07, 6.45) is 6.85. The van der Waals surface area contributed by atoms with Gasteiger partial charge in [-0.05, 0) is 48.0 Å². The molecule has 0 atom stereocenters. The average molecular weight is 287 g/mol. The molecule has 1 saturated heterocycles. The number of terminal acetylenes is 1. The van der Waals surface area contributed by atoms with Gasteiger partial charge in [0.1, 0.15) is 5.75 Å². The summed E-state index contributed by atoms with van der Waals surface area (Å²) in [5.74, 6) is 2.72. The molecule has 2 amide bonds. The molecule has 0 radical (unpaired) electrons. The molecule has 0 aromatic heterocycles. The Morgan fingerprint density at radius 3 is 2.80 bits per heavy atom. The number of hydrogen-bond acceptors (Lipinski definition) is 4. The van der Waals surface area contributed by atoms with Gasteiger partial charge in [0.25, 0.3) is 11.1 Å². The summed E-state index contributed by atoms with van der Waals surface area (Å²) >= 11 is 0.907. The zero-order valence-electron chi connectivity index (χ0n) is 11.2. The molecule has 4 nitrogen and oxygen atoms in total. The van der Waals surface area contributed by atoms with Gasteiger partial charge >= 0.3 is 0 Å². The molecule has 0 saturated carbocycles. The monoisotopic (exact) mass is 287 g/mol. The lowest BCUT2D eigenvalue weighted by molar-refractivity contribution is -0.122. The second-order valence-electron chi connectivity index (χ2n) is 4.19. The number of hydrogen-bond donors (Lipinski definition) is 0. The number of aryl methyl sites for hydroxylation is 1. The van der Waals surface area contributed by atoms with Gasteiger partial charge in [-0.25, -0.2) is 0 Å². The topological polar surface area (TPSA) is 46.6 Å². The Kier molecular flexibility index (Phi) is 4.16. The van der Waals surface area contributed by atoms with Crippen molar-refractivity contribution in [2.24, 2.45) is 0 Å². The van der Waals surface area contributed by atoms with Crippen LogP contribution < -0.4 is 4.74 Å². The van der Waals surface area contributed by atoms with E-state index < -0.39 is 0 Å². The molecule has 1 aromatic rings. The van der Waals surface area contributed by atoms with E-state index in [1.807, 2.05) is 25.1 Å². The number of amides is 2. The zero-order valence-corrected chi connectivity index (χ0v) is 12.0. The molecule has 0 N–H and O–H groups in total. The van der Waals surface area contributed by atoms with Crippen LogP contribution in [0.25, 0.3) is 6.08 Å². The average Bonchev–Trinajstić information content (AvgIpc) is 2.69. The summed E-state index contributed by atoms with van der Waals surface area (Å²) in [4.78, 5) is 25.2. The first kappa shape index (κ1) is 14.2. The fraction of sp³-hybridized carbons (Fsp3) is 0.200. The van der Waals surface area contributed by atoms with Gasteiger partial charge < -0.3 is 4.74 Å². The van der Waals surface area contributed by atoms with Gasteiger partial charge in [-0.3, -0.25) is 14.5 Å². The highest BCUT2D eigenvalue weighted by molar-refractivity contribution is 8.18. The SMILES string of the molecule is C#CCN1C(=O)SC(=Cc2ccc(OC)cc2C)C1=O. The van der Waals surface area contributed by atoms with Crippen LogP contribution in [0, 0.1) is 19.3 Å². The number of imide groups is 1. The Labute approximate surface area is 121 Å². The van der Waals surface area contributed by atoms with E-state index in [-0.39, 0.29) is 17.7 Å². The predicted molar refractivity (Wildman–Crippen MR) is 79.2 cm³/mol. The number of nitrogens with zero attached hydrogens (tertiary/aromatic N) is 1. The molecule has 1 aliphatic rings.